The van der Waals surface area contributed by atoms with Crippen LogP contribution in [0.5, 0.6) is 0 Å². The van der Waals surface area contributed by atoms with Crippen LogP contribution in [0.4, 0.5) is 5.69 Å². The first-order chi connectivity index (χ1) is 17.8. The van der Waals surface area contributed by atoms with Crippen molar-refractivity contribution in [3.05, 3.63) is 87.2 Å². The van der Waals surface area contributed by atoms with E-state index >= 15 is 0 Å². The van der Waals surface area contributed by atoms with Gasteiger partial charge >= 0.3 is 0 Å². The van der Waals surface area contributed by atoms with E-state index in [1.165, 1.54) is 44.1 Å². The summed E-state index contributed by atoms with van der Waals surface area (Å²) in [4.78, 5) is 12.8. The number of nitrogens with one attached hydrogen (secondary N) is 1. The van der Waals surface area contributed by atoms with Gasteiger partial charge in [0, 0.05) is 27.2 Å². The zero-order valence-corrected chi connectivity index (χ0v) is 23.0. The molecule has 4 bridgehead atoms. The fraction of sp³-hybridized carbons (Fsp3) is 0.375. The number of amides is 1. The molecule has 5 heteroatoms. The Kier molecular flexibility index (Phi) is 6.12. The Morgan fingerprint density at radius 1 is 1.03 bits per heavy atom. The van der Waals surface area contributed by atoms with Gasteiger partial charge in [0.1, 0.15) is 11.6 Å². The van der Waals surface area contributed by atoms with Gasteiger partial charge < -0.3 is 9.88 Å². The first kappa shape index (κ1) is 24.2. The van der Waals surface area contributed by atoms with E-state index in [-0.39, 0.29) is 5.57 Å². The smallest absolute Gasteiger partial charge is 0.266 e. The van der Waals surface area contributed by atoms with Gasteiger partial charge in [0.05, 0.1) is 0 Å². The summed E-state index contributed by atoms with van der Waals surface area (Å²) in [5.74, 6) is 2.39. The van der Waals surface area contributed by atoms with Crippen molar-refractivity contribution >= 4 is 33.6 Å². The second-order valence-electron chi connectivity index (χ2n) is 11.5. The molecular weight excluding hydrogens is 522 g/mol. The predicted molar refractivity (Wildman–Crippen MR) is 151 cm³/mol. The van der Waals surface area contributed by atoms with Crippen LogP contribution in [-0.4, -0.2) is 10.5 Å². The monoisotopic (exact) mass is 553 g/mol. The van der Waals surface area contributed by atoms with Crippen molar-refractivity contribution in [2.45, 2.75) is 57.8 Å². The number of nitriles is 1. The van der Waals surface area contributed by atoms with Gasteiger partial charge in [0.25, 0.3) is 5.91 Å². The number of aromatic nitrogens is 1. The SMILES string of the molecule is Cc1cc(/C=C(\C#N)C(=O)Nc2cccc(Br)c2)c(C)n1-c1ccc(C23CC4CC(CC(C4)C2)C3)cc1. The Hall–Kier alpha value is -3.10. The minimum atomic E-state index is -0.412. The van der Waals surface area contributed by atoms with Gasteiger partial charge in [-0.25, -0.2) is 0 Å². The highest BCUT2D eigenvalue weighted by Gasteiger charge is 2.51. The third-order valence-corrected chi connectivity index (χ3v) is 9.49. The van der Waals surface area contributed by atoms with Gasteiger partial charge in [-0.1, -0.05) is 34.1 Å². The number of anilines is 1. The predicted octanol–water partition coefficient (Wildman–Crippen LogP) is 7.87. The summed E-state index contributed by atoms with van der Waals surface area (Å²) in [7, 11) is 0. The number of aryl methyl sites for hydroxylation is 1. The van der Waals surface area contributed by atoms with Crippen LogP contribution < -0.4 is 5.32 Å². The van der Waals surface area contributed by atoms with Crippen molar-refractivity contribution in [2.75, 3.05) is 5.32 Å². The highest BCUT2D eigenvalue weighted by Crippen LogP contribution is 2.60. The lowest BCUT2D eigenvalue weighted by molar-refractivity contribution is -0.112. The maximum atomic E-state index is 12.8. The Morgan fingerprint density at radius 3 is 2.27 bits per heavy atom. The average Bonchev–Trinajstić information content (AvgIpc) is 3.14. The van der Waals surface area contributed by atoms with E-state index in [0.717, 1.165) is 44.9 Å². The van der Waals surface area contributed by atoms with Crippen molar-refractivity contribution in [2.24, 2.45) is 17.8 Å². The van der Waals surface area contributed by atoms with Crippen molar-refractivity contribution in [3.63, 3.8) is 0 Å². The van der Waals surface area contributed by atoms with E-state index < -0.39 is 5.91 Å². The third-order valence-electron chi connectivity index (χ3n) is 8.99. The zero-order valence-electron chi connectivity index (χ0n) is 21.4. The Bertz CT molecular complexity index is 1400. The number of halogens is 1. The van der Waals surface area contributed by atoms with Gasteiger partial charge in [-0.2, -0.15) is 5.26 Å². The molecule has 0 unspecified atom stereocenters. The molecular formula is C32H32BrN3O. The highest BCUT2D eigenvalue weighted by molar-refractivity contribution is 9.10. The molecule has 0 spiro atoms. The molecule has 0 atom stereocenters. The molecule has 1 heterocycles. The second kappa shape index (κ2) is 9.33. The van der Waals surface area contributed by atoms with Gasteiger partial charge in [0.15, 0.2) is 0 Å². The summed E-state index contributed by atoms with van der Waals surface area (Å²) in [6.07, 6.45) is 10.2. The molecule has 4 fully saturated rings. The van der Waals surface area contributed by atoms with Crippen LogP contribution in [0.15, 0.2) is 64.6 Å². The molecule has 4 nitrogen and oxygen atoms in total. The number of hydrogen-bond donors (Lipinski definition) is 1. The quantitative estimate of drug-likeness (QED) is 0.258. The van der Waals surface area contributed by atoms with Crippen LogP contribution in [-0.2, 0) is 10.2 Å². The summed E-state index contributed by atoms with van der Waals surface area (Å²) < 4.78 is 3.08. The normalized spacial score (nSPS) is 26.2. The van der Waals surface area contributed by atoms with Crippen LogP contribution >= 0.6 is 15.9 Å². The summed E-state index contributed by atoms with van der Waals surface area (Å²) in [6.45, 7) is 4.12. The van der Waals surface area contributed by atoms with E-state index in [2.05, 4.69) is 63.1 Å². The molecule has 7 rings (SSSR count). The van der Waals surface area contributed by atoms with Crippen LogP contribution in [0.3, 0.4) is 0 Å². The molecule has 0 saturated heterocycles. The van der Waals surface area contributed by atoms with E-state index in [1.54, 1.807) is 12.1 Å². The van der Waals surface area contributed by atoms with Crippen molar-refractivity contribution in [3.8, 4) is 11.8 Å². The van der Waals surface area contributed by atoms with E-state index in [0.29, 0.717) is 11.1 Å². The summed E-state index contributed by atoms with van der Waals surface area (Å²) in [6, 6.07) is 20.7. The number of hydrogen-bond acceptors (Lipinski definition) is 2. The summed E-state index contributed by atoms with van der Waals surface area (Å²) >= 11 is 3.41. The zero-order chi connectivity index (χ0) is 25.7. The van der Waals surface area contributed by atoms with E-state index in [1.807, 2.05) is 31.2 Å². The fourth-order valence-electron chi connectivity index (χ4n) is 7.83. The molecule has 0 radical (unpaired) electrons. The van der Waals surface area contributed by atoms with Gasteiger partial charge in [0.2, 0.25) is 0 Å². The summed E-state index contributed by atoms with van der Waals surface area (Å²) in [5, 5.41) is 12.5. The van der Waals surface area contributed by atoms with Crippen LogP contribution in [0, 0.1) is 42.9 Å². The maximum Gasteiger partial charge on any atom is 0.266 e. The minimum absolute atomic E-state index is 0.0809. The molecule has 1 N–H and O–H groups in total. The number of benzene rings is 2. The first-order valence-corrected chi connectivity index (χ1v) is 14.1. The lowest BCUT2D eigenvalue weighted by Gasteiger charge is -2.57. The molecule has 0 aliphatic heterocycles. The number of nitrogens with zero attached hydrogens (tertiary/aromatic N) is 2. The second-order valence-corrected chi connectivity index (χ2v) is 12.5. The summed E-state index contributed by atoms with van der Waals surface area (Å²) in [5.41, 5.74) is 6.74. The van der Waals surface area contributed by atoms with Crippen molar-refractivity contribution in [1.82, 2.24) is 4.57 Å². The standard InChI is InChI=1S/C32H32BrN3O/c1-20-10-25(14-26(19-34)31(37)35-29-5-3-4-28(33)15-29)21(2)36(20)30-8-6-27(7-9-30)32-16-22-11-23(17-32)13-24(12-22)18-32/h3-10,14-15,22-24H,11-13,16-18H2,1-2H3,(H,35,37)/b26-14+. The largest absolute Gasteiger partial charge is 0.321 e. The fourth-order valence-corrected chi connectivity index (χ4v) is 8.23. The van der Waals surface area contributed by atoms with Gasteiger partial charge in [-0.05, 0) is 129 Å². The average molecular weight is 555 g/mol. The molecule has 188 valence electrons. The highest BCUT2D eigenvalue weighted by atomic mass is 79.9. The minimum Gasteiger partial charge on any atom is -0.321 e. The Labute approximate surface area is 227 Å². The first-order valence-electron chi connectivity index (χ1n) is 13.3. The maximum absolute atomic E-state index is 12.8. The molecule has 37 heavy (non-hydrogen) atoms. The van der Waals surface area contributed by atoms with Gasteiger partial charge in [-0.15, -0.1) is 0 Å². The number of carbonyl (C=O) groups is 1. The molecule has 1 aromatic heterocycles. The molecule has 4 aliphatic carbocycles. The molecule has 4 aliphatic rings. The van der Waals surface area contributed by atoms with Gasteiger partial charge in [-0.3, -0.25) is 4.79 Å². The van der Waals surface area contributed by atoms with Crippen molar-refractivity contribution in [1.29, 1.82) is 5.26 Å². The number of carbonyl (C=O) groups excluding carboxylic acids is 1. The Morgan fingerprint density at radius 2 is 1.68 bits per heavy atom. The lowest BCUT2D eigenvalue weighted by atomic mass is 9.48. The third kappa shape index (κ3) is 4.46. The molecule has 4 saturated carbocycles. The Balaban J connectivity index is 1.25. The van der Waals surface area contributed by atoms with Crippen LogP contribution in [0.25, 0.3) is 11.8 Å². The topological polar surface area (TPSA) is 57.8 Å². The van der Waals surface area contributed by atoms with Crippen LogP contribution in [0.2, 0.25) is 0 Å². The van der Waals surface area contributed by atoms with Crippen LogP contribution in [0.1, 0.15) is 61.0 Å². The molecule has 1 amide bonds. The lowest BCUT2D eigenvalue weighted by Crippen LogP contribution is -2.48. The number of rotatable bonds is 5. The van der Waals surface area contributed by atoms with Crippen molar-refractivity contribution < 1.29 is 4.79 Å². The van der Waals surface area contributed by atoms with E-state index in [4.69, 9.17) is 0 Å². The van der Waals surface area contributed by atoms with E-state index in [9.17, 15) is 10.1 Å². The molecule has 2 aromatic carbocycles. The molecule has 3 aromatic rings.